The van der Waals surface area contributed by atoms with Gasteiger partial charge in [0.1, 0.15) is 0 Å². The van der Waals surface area contributed by atoms with Gasteiger partial charge in [0.15, 0.2) is 0 Å². The molecule has 1 atom stereocenters. The lowest BCUT2D eigenvalue weighted by atomic mass is 10.3. The molecule has 1 rings (SSSR count). The van der Waals surface area contributed by atoms with Gasteiger partial charge in [-0.2, -0.15) is 11.8 Å². The third-order valence-corrected chi connectivity index (χ3v) is 4.22. The topological polar surface area (TPSA) is 24.5 Å². The second-order valence-electron chi connectivity index (χ2n) is 4.98. The highest BCUT2D eigenvalue weighted by Gasteiger charge is 2.17. The van der Waals surface area contributed by atoms with Crippen molar-refractivity contribution in [2.45, 2.75) is 39.3 Å². The lowest BCUT2D eigenvalue weighted by molar-refractivity contribution is 0.0769. The molecule has 1 unspecified atom stereocenters. The molecule has 0 spiro atoms. The summed E-state index contributed by atoms with van der Waals surface area (Å²) in [6.07, 6.45) is 1.48. The van der Waals surface area contributed by atoms with E-state index < -0.39 is 0 Å². The average molecular weight is 260 g/mol. The lowest BCUT2D eigenvalue weighted by Gasteiger charge is -2.32. The number of nitrogens with zero attached hydrogens (tertiary/aromatic N) is 1. The van der Waals surface area contributed by atoms with E-state index in [4.69, 9.17) is 4.74 Å². The molecule has 0 aromatic carbocycles. The van der Waals surface area contributed by atoms with Crippen LogP contribution in [0.4, 0.5) is 0 Å². The zero-order valence-corrected chi connectivity index (χ0v) is 12.4. The Kier molecular flexibility index (Phi) is 8.27. The molecular weight excluding hydrogens is 232 g/mol. The van der Waals surface area contributed by atoms with Crippen LogP contribution in [0, 0.1) is 0 Å². The second kappa shape index (κ2) is 9.20. The van der Waals surface area contributed by atoms with E-state index in [1.165, 1.54) is 24.6 Å². The molecule has 0 aromatic rings. The Morgan fingerprint density at radius 2 is 2.24 bits per heavy atom. The van der Waals surface area contributed by atoms with E-state index in [0.29, 0.717) is 6.10 Å². The van der Waals surface area contributed by atoms with E-state index in [1.807, 2.05) is 0 Å². The van der Waals surface area contributed by atoms with Crippen LogP contribution in [0.15, 0.2) is 0 Å². The Morgan fingerprint density at radius 1 is 1.41 bits per heavy atom. The van der Waals surface area contributed by atoms with Gasteiger partial charge in [-0.25, -0.2) is 0 Å². The molecule has 0 bridgehead atoms. The van der Waals surface area contributed by atoms with Gasteiger partial charge in [-0.15, -0.1) is 0 Å². The molecule has 1 saturated heterocycles. The molecule has 3 nitrogen and oxygen atoms in total. The van der Waals surface area contributed by atoms with Crippen molar-refractivity contribution in [1.82, 2.24) is 10.2 Å². The smallest absolute Gasteiger partial charge is 0.0518 e. The van der Waals surface area contributed by atoms with Crippen LogP contribution >= 0.6 is 11.8 Å². The van der Waals surface area contributed by atoms with E-state index >= 15 is 0 Å². The SMILES string of the molecule is CC(C)OCCCNCCN1CCSCC1C. The molecule has 1 heterocycles. The first kappa shape index (κ1) is 15.3. The maximum Gasteiger partial charge on any atom is 0.0518 e. The summed E-state index contributed by atoms with van der Waals surface area (Å²) < 4.78 is 5.50. The predicted molar refractivity (Wildman–Crippen MR) is 76.9 cm³/mol. The summed E-state index contributed by atoms with van der Waals surface area (Å²) in [7, 11) is 0. The molecule has 1 aliphatic rings. The number of nitrogens with one attached hydrogen (secondary N) is 1. The third-order valence-electron chi connectivity index (χ3n) is 3.03. The summed E-state index contributed by atoms with van der Waals surface area (Å²) in [6.45, 7) is 12.0. The van der Waals surface area contributed by atoms with Gasteiger partial charge in [-0.05, 0) is 33.7 Å². The van der Waals surface area contributed by atoms with Crippen molar-refractivity contribution in [1.29, 1.82) is 0 Å². The molecule has 0 aromatic heterocycles. The summed E-state index contributed by atoms with van der Waals surface area (Å²) in [5.41, 5.74) is 0. The van der Waals surface area contributed by atoms with Crippen LogP contribution in [0.1, 0.15) is 27.2 Å². The summed E-state index contributed by atoms with van der Waals surface area (Å²) in [6, 6.07) is 0.750. The van der Waals surface area contributed by atoms with E-state index in [0.717, 1.165) is 32.2 Å². The van der Waals surface area contributed by atoms with E-state index in [1.54, 1.807) is 0 Å². The number of thioether (sulfide) groups is 1. The summed E-state index contributed by atoms with van der Waals surface area (Å²) in [5, 5.41) is 3.50. The van der Waals surface area contributed by atoms with Crippen LogP contribution in [0.2, 0.25) is 0 Å². The molecule has 1 N–H and O–H groups in total. The number of hydrogen-bond acceptors (Lipinski definition) is 4. The summed E-state index contributed by atoms with van der Waals surface area (Å²) in [5.74, 6) is 2.59. The fourth-order valence-electron chi connectivity index (χ4n) is 1.96. The van der Waals surface area contributed by atoms with Crippen LogP contribution in [0.3, 0.4) is 0 Å². The standard InChI is InChI=1S/C13H28N2OS/c1-12(2)16-9-4-5-14-6-7-15-8-10-17-11-13(15)3/h12-14H,4-11H2,1-3H3. The van der Waals surface area contributed by atoms with Gasteiger partial charge in [-0.3, -0.25) is 4.90 Å². The fourth-order valence-corrected chi connectivity index (χ4v) is 3.04. The Bertz CT molecular complexity index is 190. The van der Waals surface area contributed by atoms with Crippen molar-refractivity contribution >= 4 is 11.8 Å². The number of ether oxygens (including phenoxy) is 1. The van der Waals surface area contributed by atoms with Crippen molar-refractivity contribution in [3.63, 3.8) is 0 Å². The van der Waals surface area contributed by atoms with Crippen molar-refractivity contribution in [3.8, 4) is 0 Å². The maximum absolute atomic E-state index is 5.50. The van der Waals surface area contributed by atoms with Gasteiger partial charge in [0.2, 0.25) is 0 Å². The van der Waals surface area contributed by atoms with Crippen molar-refractivity contribution in [2.75, 3.05) is 44.3 Å². The van der Waals surface area contributed by atoms with E-state index in [2.05, 4.69) is 42.7 Å². The van der Waals surface area contributed by atoms with Gasteiger partial charge in [0, 0.05) is 43.8 Å². The molecule has 17 heavy (non-hydrogen) atoms. The van der Waals surface area contributed by atoms with Gasteiger partial charge in [-0.1, -0.05) is 0 Å². The van der Waals surface area contributed by atoms with Gasteiger partial charge in [0.05, 0.1) is 6.10 Å². The third kappa shape index (κ3) is 7.29. The zero-order valence-electron chi connectivity index (χ0n) is 11.6. The van der Waals surface area contributed by atoms with Gasteiger partial charge >= 0.3 is 0 Å². The first-order chi connectivity index (χ1) is 8.20. The van der Waals surface area contributed by atoms with Crippen LogP contribution in [-0.2, 0) is 4.74 Å². The fraction of sp³-hybridized carbons (Fsp3) is 1.00. The minimum Gasteiger partial charge on any atom is -0.379 e. The first-order valence-electron chi connectivity index (χ1n) is 6.84. The van der Waals surface area contributed by atoms with Crippen molar-refractivity contribution in [2.24, 2.45) is 0 Å². The minimum absolute atomic E-state index is 0.363. The van der Waals surface area contributed by atoms with Crippen LogP contribution in [0.5, 0.6) is 0 Å². The molecule has 0 saturated carbocycles. The largest absolute Gasteiger partial charge is 0.379 e. The highest BCUT2D eigenvalue weighted by atomic mass is 32.2. The molecule has 0 aliphatic carbocycles. The molecule has 1 aliphatic heterocycles. The van der Waals surface area contributed by atoms with Crippen molar-refractivity contribution in [3.05, 3.63) is 0 Å². The summed E-state index contributed by atoms with van der Waals surface area (Å²) >= 11 is 2.08. The Hall–Kier alpha value is 0.230. The Labute approximate surface area is 111 Å². The predicted octanol–water partition coefficient (Wildman–Crippen LogP) is 1.83. The van der Waals surface area contributed by atoms with Gasteiger partial charge in [0.25, 0.3) is 0 Å². The molecule has 4 heteroatoms. The Balaban J connectivity index is 1.89. The number of rotatable bonds is 8. The zero-order chi connectivity index (χ0) is 12.5. The lowest BCUT2D eigenvalue weighted by Crippen LogP contribution is -2.43. The highest BCUT2D eigenvalue weighted by molar-refractivity contribution is 7.99. The van der Waals surface area contributed by atoms with E-state index in [9.17, 15) is 0 Å². The second-order valence-corrected chi connectivity index (χ2v) is 6.13. The normalized spacial score (nSPS) is 22.2. The average Bonchev–Trinajstić information content (AvgIpc) is 2.30. The Morgan fingerprint density at radius 3 is 2.94 bits per heavy atom. The number of hydrogen-bond donors (Lipinski definition) is 1. The van der Waals surface area contributed by atoms with Gasteiger partial charge < -0.3 is 10.1 Å². The molecule has 0 amide bonds. The molecule has 0 radical (unpaired) electrons. The molecule has 102 valence electrons. The minimum atomic E-state index is 0.363. The summed E-state index contributed by atoms with van der Waals surface area (Å²) in [4.78, 5) is 2.59. The first-order valence-corrected chi connectivity index (χ1v) is 7.99. The molecular formula is C13H28N2OS. The quantitative estimate of drug-likeness (QED) is 0.673. The molecule has 1 fully saturated rings. The van der Waals surface area contributed by atoms with Crippen LogP contribution in [0.25, 0.3) is 0 Å². The monoisotopic (exact) mass is 260 g/mol. The highest BCUT2D eigenvalue weighted by Crippen LogP contribution is 2.14. The van der Waals surface area contributed by atoms with Crippen LogP contribution in [-0.4, -0.2) is 61.3 Å². The van der Waals surface area contributed by atoms with Crippen LogP contribution < -0.4 is 5.32 Å². The van der Waals surface area contributed by atoms with E-state index in [-0.39, 0.29) is 0 Å². The van der Waals surface area contributed by atoms with Crippen molar-refractivity contribution < 1.29 is 4.74 Å². The maximum atomic E-state index is 5.50.